The van der Waals surface area contributed by atoms with Crippen LogP contribution < -0.4 is 5.32 Å². The highest BCUT2D eigenvalue weighted by Crippen LogP contribution is 2.35. The molecule has 0 aliphatic rings. The van der Waals surface area contributed by atoms with E-state index in [2.05, 4.69) is 59.9 Å². The molecule has 7 heteroatoms. The summed E-state index contributed by atoms with van der Waals surface area (Å²) in [6.45, 7) is 8.14. The zero-order valence-electron chi connectivity index (χ0n) is 20.2. The van der Waals surface area contributed by atoms with Gasteiger partial charge in [-0.3, -0.25) is 0 Å². The molecule has 0 heterocycles. The van der Waals surface area contributed by atoms with Crippen molar-refractivity contribution in [3.8, 4) is 0 Å². The van der Waals surface area contributed by atoms with E-state index >= 15 is 0 Å². The second-order valence-corrected chi connectivity index (χ2v) is 10.9. The van der Waals surface area contributed by atoms with Crippen LogP contribution in [0.15, 0.2) is 54.6 Å². The van der Waals surface area contributed by atoms with E-state index < -0.39 is 14.9 Å². The number of nitrogens with one attached hydrogen (secondary N) is 1. The molecule has 0 saturated carbocycles. The molecule has 180 valence electrons. The average molecular weight is 480 g/mol. The molecular weight excluding hydrogens is 446 g/mol. The van der Waals surface area contributed by atoms with Crippen molar-refractivity contribution < 1.29 is 22.8 Å². The van der Waals surface area contributed by atoms with Gasteiger partial charge in [0.15, 0.2) is 0 Å². The number of rotatable bonds is 12. The largest absolute Gasteiger partial charge is 0.500 e. The Morgan fingerprint density at radius 3 is 1.88 bits per heavy atom. The molecule has 0 aliphatic heterocycles. The Bertz CT molecular complexity index is 1160. The summed E-state index contributed by atoms with van der Waals surface area (Å²) < 4.78 is 23.1. The molecule has 0 atom stereocenters. The lowest BCUT2D eigenvalue weighted by Crippen LogP contribution is -2.46. The highest BCUT2D eigenvalue weighted by molar-refractivity contribution is 6.60. The zero-order valence-corrected chi connectivity index (χ0v) is 21.2. The summed E-state index contributed by atoms with van der Waals surface area (Å²) in [5, 5.41) is 10.2. The van der Waals surface area contributed by atoms with Gasteiger partial charge in [0.1, 0.15) is 6.61 Å². The fourth-order valence-electron chi connectivity index (χ4n) is 4.60. The summed E-state index contributed by atoms with van der Waals surface area (Å²) in [5.74, 6) is 0. The molecule has 1 N–H and O–H groups in total. The van der Waals surface area contributed by atoms with Gasteiger partial charge in [-0.1, -0.05) is 42.5 Å². The summed E-state index contributed by atoms with van der Waals surface area (Å²) in [7, 11) is -2.69. The summed E-state index contributed by atoms with van der Waals surface area (Å²) in [4.78, 5) is 12.3. The molecule has 0 aromatic heterocycles. The number of hydrogen-bond donors (Lipinski definition) is 1. The van der Waals surface area contributed by atoms with E-state index in [0.29, 0.717) is 38.8 Å². The minimum absolute atomic E-state index is 0.220. The van der Waals surface area contributed by atoms with Crippen LogP contribution in [0.5, 0.6) is 0 Å². The predicted octanol–water partition coefficient (Wildman–Crippen LogP) is 6.25. The van der Waals surface area contributed by atoms with Crippen molar-refractivity contribution in [3.63, 3.8) is 0 Å². The molecule has 1 amide bonds. The quantitative estimate of drug-likeness (QED) is 0.148. The number of alkyl carbamates (subject to hydrolysis) is 1. The molecular formula is C27H33NO5Si. The van der Waals surface area contributed by atoms with Crippen molar-refractivity contribution in [1.29, 1.82) is 0 Å². The second-order valence-electron chi connectivity index (χ2n) is 8.22. The summed E-state index contributed by atoms with van der Waals surface area (Å²) in [6, 6.07) is 19.8. The standard InChI is InChI=1S/C27H33NO5Si/c1-4-31-34(32-5-2,33-6-3)16-8-15-28-27(29)30-19-20-17-23-13-11-21-9-7-10-22-12-14-24(18-20)26(23)25(21)22/h7,9-14,17-18H,4-6,8,15-16,19H2,1-3H3,(H,28,29). The van der Waals surface area contributed by atoms with Crippen LogP contribution in [0, 0.1) is 0 Å². The van der Waals surface area contributed by atoms with Crippen LogP contribution >= 0.6 is 0 Å². The van der Waals surface area contributed by atoms with Gasteiger partial charge in [0.05, 0.1) is 0 Å². The second kappa shape index (κ2) is 11.1. The highest BCUT2D eigenvalue weighted by Gasteiger charge is 2.39. The smallest absolute Gasteiger partial charge is 0.445 e. The zero-order chi connectivity index (χ0) is 24.0. The van der Waals surface area contributed by atoms with Crippen LogP contribution in [0.3, 0.4) is 0 Å². The minimum Gasteiger partial charge on any atom is -0.445 e. The maximum absolute atomic E-state index is 12.3. The van der Waals surface area contributed by atoms with Gasteiger partial charge in [-0.15, -0.1) is 0 Å². The summed E-state index contributed by atoms with van der Waals surface area (Å²) in [6.07, 6.45) is 0.267. The Morgan fingerprint density at radius 2 is 1.32 bits per heavy atom. The summed E-state index contributed by atoms with van der Waals surface area (Å²) >= 11 is 0. The lowest BCUT2D eigenvalue weighted by Gasteiger charge is -2.28. The highest BCUT2D eigenvalue weighted by atomic mass is 28.4. The number of ether oxygens (including phenoxy) is 1. The van der Waals surface area contributed by atoms with Crippen LogP contribution in [0.2, 0.25) is 6.04 Å². The van der Waals surface area contributed by atoms with Crippen molar-refractivity contribution >= 4 is 47.2 Å². The van der Waals surface area contributed by atoms with Gasteiger partial charge in [0, 0.05) is 32.4 Å². The maximum Gasteiger partial charge on any atom is 0.500 e. The predicted molar refractivity (Wildman–Crippen MR) is 138 cm³/mol. The molecule has 4 aromatic carbocycles. The van der Waals surface area contributed by atoms with Crippen molar-refractivity contribution in [2.75, 3.05) is 26.4 Å². The first-order valence-electron chi connectivity index (χ1n) is 12.1. The third-order valence-electron chi connectivity index (χ3n) is 5.91. The van der Waals surface area contributed by atoms with Crippen LogP contribution in [0.4, 0.5) is 4.79 Å². The Kier molecular flexibility index (Phi) is 8.00. The molecule has 0 aliphatic carbocycles. The number of carbonyl (C=O) groups is 1. The fourth-order valence-corrected chi connectivity index (χ4v) is 7.21. The van der Waals surface area contributed by atoms with Gasteiger partial charge in [0.25, 0.3) is 0 Å². The Hall–Kier alpha value is -2.71. The van der Waals surface area contributed by atoms with Crippen LogP contribution in [-0.4, -0.2) is 41.3 Å². The van der Waals surface area contributed by atoms with Gasteiger partial charge in [-0.05, 0) is 77.2 Å². The van der Waals surface area contributed by atoms with Crippen LogP contribution in [0.25, 0.3) is 32.3 Å². The molecule has 4 aromatic rings. The van der Waals surface area contributed by atoms with Gasteiger partial charge in [0.2, 0.25) is 0 Å². The first-order valence-corrected chi connectivity index (χ1v) is 14.0. The maximum atomic E-state index is 12.3. The first kappa shape index (κ1) is 24.4. The summed E-state index contributed by atoms with van der Waals surface area (Å²) in [5.41, 5.74) is 0.969. The molecule has 0 saturated heterocycles. The van der Waals surface area contributed by atoms with Crippen molar-refractivity contribution in [1.82, 2.24) is 5.32 Å². The van der Waals surface area contributed by atoms with E-state index in [1.165, 1.54) is 21.5 Å². The van der Waals surface area contributed by atoms with Gasteiger partial charge in [-0.2, -0.15) is 0 Å². The van der Waals surface area contributed by atoms with Crippen molar-refractivity contribution in [3.05, 3.63) is 60.2 Å². The first-order chi connectivity index (χ1) is 16.6. The van der Waals surface area contributed by atoms with Crippen LogP contribution in [-0.2, 0) is 24.6 Å². The molecule has 0 radical (unpaired) electrons. The number of benzene rings is 4. The van der Waals surface area contributed by atoms with Gasteiger partial charge in [-0.25, -0.2) is 4.79 Å². The van der Waals surface area contributed by atoms with Crippen molar-refractivity contribution in [2.45, 2.75) is 39.8 Å². The van der Waals surface area contributed by atoms with E-state index in [4.69, 9.17) is 18.0 Å². The third kappa shape index (κ3) is 5.33. The number of carbonyl (C=O) groups excluding carboxylic acids is 1. The molecule has 0 bridgehead atoms. The lowest BCUT2D eigenvalue weighted by molar-refractivity contribution is 0.0706. The molecule has 6 nitrogen and oxygen atoms in total. The number of amides is 1. The normalized spacial score (nSPS) is 12.1. The van der Waals surface area contributed by atoms with E-state index in [1.807, 2.05) is 20.8 Å². The third-order valence-corrected chi connectivity index (χ3v) is 9.07. The average Bonchev–Trinajstić information content (AvgIpc) is 2.84. The molecule has 0 spiro atoms. The van der Waals surface area contributed by atoms with Gasteiger partial charge < -0.3 is 23.3 Å². The SMILES string of the molecule is CCO[Si](CCCNC(=O)OCc1cc2ccc3cccc4ccc(c1)c2c34)(OCC)OCC. The fraction of sp³-hybridized carbons (Fsp3) is 0.370. The number of hydrogen-bond acceptors (Lipinski definition) is 5. The van der Waals surface area contributed by atoms with E-state index in [0.717, 1.165) is 16.3 Å². The lowest BCUT2D eigenvalue weighted by atomic mass is 9.93. The van der Waals surface area contributed by atoms with Crippen LogP contribution in [0.1, 0.15) is 32.8 Å². The Labute approximate surface area is 201 Å². The Balaban J connectivity index is 1.34. The topological polar surface area (TPSA) is 66.0 Å². The Morgan fingerprint density at radius 1 is 0.794 bits per heavy atom. The minimum atomic E-state index is -2.69. The van der Waals surface area contributed by atoms with E-state index in [1.54, 1.807) is 0 Å². The van der Waals surface area contributed by atoms with Crippen molar-refractivity contribution in [2.24, 2.45) is 0 Å². The molecule has 4 rings (SSSR count). The monoisotopic (exact) mass is 479 g/mol. The molecule has 0 unspecified atom stereocenters. The van der Waals surface area contributed by atoms with Gasteiger partial charge >= 0.3 is 14.9 Å². The molecule has 34 heavy (non-hydrogen) atoms. The van der Waals surface area contributed by atoms with E-state index in [9.17, 15) is 4.79 Å². The molecule has 0 fully saturated rings. The van der Waals surface area contributed by atoms with E-state index in [-0.39, 0.29) is 6.61 Å².